The Bertz CT molecular complexity index is 413. The molecule has 0 saturated heterocycles. The van der Waals surface area contributed by atoms with Crippen LogP contribution in [0.15, 0.2) is 0 Å². The topological polar surface area (TPSA) is 26.3 Å². The predicted molar refractivity (Wildman–Crippen MR) is 168 cm³/mol. The second-order valence-corrected chi connectivity index (χ2v) is 11.5. The van der Waals surface area contributed by atoms with Gasteiger partial charge in [0, 0.05) is 6.42 Å². The quantitative estimate of drug-likeness (QED) is 0.0504. The molecule has 0 aromatic heterocycles. The van der Waals surface area contributed by atoms with Crippen LogP contribution in [0, 0.1) is 0 Å². The molecule has 2 nitrogen and oxygen atoms in total. The average molecular weight is 533 g/mol. The normalized spacial score (nSPS) is 11.0. The second-order valence-electron chi connectivity index (χ2n) is 11.5. The molecule has 0 amide bonds. The molecule has 0 aliphatic rings. The van der Waals surface area contributed by atoms with Crippen LogP contribution >= 0.6 is 0 Å². The first kappa shape index (κ1) is 39.6. The van der Waals surface area contributed by atoms with Crippen LogP contribution in [0.1, 0.15) is 206 Å². The molecule has 0 aromatic carbocycles. The molecule has 37 heavy (non-hydrogen) atoms. The number of carbonyl (C=O) groups is 1. The van der Waals surface area contributed by atoms with Gasteiger partial charge in [-0.15, -0.1) is 0 Å². The van der Waals surface area contributed by atoms with Crippen LogP contribution in [0.5, 0.6) is 0 Å². The molecule has 0 heterocycles. The molecule has 0 unspecified atom stereocenters. The first-order valence-corrected chi connectivity index (χ1v) is 17.0. The standard InChI is InChI=1S/C34H68O2.Na.H/c1-3-5-7-9-11-13-15-17-18-19-21-23-25-27-29-31-33-36-34(35)32-30-28-26-24-22-20-16-14-12-10-8-6-4-2;;/h3-33H2,1-2H3;;. The number of ether oxygens (including phenoxy) is 1. The SMILES string of the molecule is CCCCCCCCCCCCCCCCCCOC(=O)CCCCCCCCCCCCCCC.[NaH]. The van der Waals surface area contributed by atoms with Crippen molar-refractivity contribution in [2.45, 2.75) is 206 Å². The molecule has 0 aliphatic heterocycles. The summed E-state index contributed by atoms with van der Waals surface area (Å²) in [4.78, 5) is 11.9. The van der Waals surface area contributed by atoms with Crippen molar-refractivity contribution in [1.82, 2.24) is 0 Å². The summed E-state index contributed by atoms with van der Waals surface area (Å²) >= 11 is 0. The van der Waals surface area contributed by atoms with Gasteiger partial charge in [-0.25, -0.2) is 0 Å². The number of carbonyl (C=O) groups excluding carboxylic acids is 1. The van der Waals surface area contributed by atoms with E-state index in [1.165, 1.54) is 173 Å². The molecular formula is C34H69NaO2. The van der Waals surface area contributed by atoms with Crippen molar-refractivity contribution in [2.24, 2.45) is 0 Å². The van der Waals surface area contributed by atoms with Gasteiger partial charge in [-0.1, -0.05) is 187 Å². The monoisotopic (exact) mass is 533 g/mol. The fourth-order valence-corrected chi connectivity index (χ4v) is 5.20. The summed E-state index contributed by atoms with van der Waals surface area (Å²) in [6.07, 6.45) is 40.1. The number of hydrogen-bond acceptors (Lipinski definition) is 2. The van der Waals surface area contributed by atoms with Crippen LogP contribution in [0.4, 0.5) is 0 Å². The first-order valence-electron chi connectivity index (χ1n) is 17.0. The Morgan fingerprint density at radius 2 is 0.622 bits per heavy atom. The van der Waals surface area contributed by atoms with E-state index in [1.54, 1.807) is 0 Å². The van der Waals surface area contributed by atoms with Crippen molar-refractivity contribution >= 4 is 35.5 Å². The number of unbranched alkanes of at least 4 members (excludes halogenated alkanes) is 27. The Morgan fingerprint density at radius 1 is 0.378 bits per heavy atom. The minimum atomic E-state index is 0. The fraction of sp³-hybridized carbons (Fsp3) is 0.971. The van der Waals surface area contributed by atoms with Crippen LogP contribution in [-0.4, -0.2) is 42.1 Å². The molecule has 0 spiro atoms. The summed E-state index contributed by atoms with van der Waals surface area (Å²) in [5.41, 5.74) is 0. The van der Waals surface area contributed by atoms with E-state index in [1.807, 2.05) is 0 Å². The van der Waals surface area contributed by atoms with Gasteiger partial charge < -0.3 is 4.74 Å². The second kappa shape index (κ2) is 36.5. The van der Waals surface area contributed by atoms with E-state index in [4.69, 9.17) is 4.74 Å². The average Bonchev–Trinajstić information content (AvgIpc) is 2.88. The van der Waals surface area contributed by atoms with E-state index in [0.717, 1.165) is 12.8 Å². The summed E-state index contributed by atoms with van der Waals surface area (Å²) < 4.78 is 5.43. The summed E-state index contributed by atoms with van der Waals surface area (Å²) in [5, 5.41) is 0. The van der Waals surface area contributed by atoms with E-state index >= 15 is 0 Å². The van der Waals surface area contributed by atoms with Gasteiger partial charge in [0.15, 0.2) is 0 Å². The van der Waals surface area contributed by atoms with Gasteiger partial charge >= 0.3 is 35.5 Å². The van der Waals surface area contributed by atoms with Crippen molar-refractivity contribution in [1.29, 1.82) is 0 Å². The molecule has 0 aliphatic carbocycles. The third-order valence-corrected chi connectivity index (χ3v) is 7.75. The molecule has 0 atom stereocenters. The summed E-state index contributed by atoms with van der Waals surface area (Å²) in [6, 6.07) is 0. The van der Waals surface area contributed by atoms with E-state index in [2.05, 4.69) is 13.8 Å². The third-order valence-electron chi connectivity index (χ3n) is 7.75. The van der Waals surface area contributed by atoms with Crippen LogP contribution in [0.25, 0.3) is 0 Å². The van der Waals surface area contributed by atoms with Crippen molar-refractivity contribution < 1.29 is 9.53 Å². The van der Waals surface area contributed by atoms with Gasteiger partial charge in [0.2, 0.25) is 0 Å². The number of rotatable bonds is 31. The van der Waals surface area contributed by atoms with Gasteiger partial charge in [0.1, 0.15) is 0 Å². The molecular weight excluding hydrogens is 463 g/mol. The van der Waals surface area contributed by atoms with Crippen molar-refractivity contribution in [3.8, 4) is 0 Å². The Balaban J connectivity index is 0. The Morgan fingerprint density at radius 3 is 0.919 bits per heavy atom. The van der Waals surface area contributed by atoms with E-state index in [-0.39, 0.29) is 35.5 Å². The van der Waals surface area contributed by atoms with E-state index < -0.39 is 0 Å². The van der Waals surface area contributed by atoms with Gasteiger partial charge in [-0.2, -0.15) is 0 Å². The zero-order chi connectivity index (χ0) is 26.2. The molecule has 0 saturated carbocycles. The molecule has 0 aromatic rings. The number of hydrogen-bond donors (Lipinski definition) is 0. The molecule has 3 heteroatoms. The predicted octanol–water partition coefficient (Wildman–Crippen LogP) is 11.6. The van der Waals surface area contributed by atoms with Gasteiger partial charge in [-0.3, -0.25) is 4.79 Å². The Kier molecular flexibility index (Phi) is 39.0. The molecule has 0 fully saturated rings. The van der Waals surface area contributed by atoms with E-state index in [9.17, 15) is 4.79 Å². The van der Waals surface area contributed by atoms with Crippen LogP contribution in [-0.2, 0) is 9.53 Å². The fourth-order valence-electron chi connectivity index (χ4n) is 5.20. The van der Waals surface area contributed by atoms with Gasteiger partial charge in [0.05, 0.1) is 6.61 Å². The van der Waals surface area contributed by atoms with Crippen molar-refractivity contribution in [3.05, 3.63) is 0 Å². The summed E-state index contributed by atoms with van der Waals surface area (Å²) in [5.74, 6) is 0.0269. The van der Waals surface area contributed by atoms with Crippen LogP contribution in [0.2, 0.25) is 0 Å². The van der Waals surface area contributed by atoms with Crippen molar-refractivity contribution in [2.75, 3.05) is 6.61 Å². The summed E-state index contributed by atoms with van der Waals surface area (Å²) in [6.45, 7) is 5.21. The van der Waals surface area contributed by atoms with Crippen LogP contribution < -0.4 is 0 Å². The number of esters is 1. The Hall–Kier alpha value is 0.470. The zero-order valence-corrected chi connectivity index (χ0v) is 25.2. The van der Waals surface area contributed by atoms with Gasteiger partial charge in [-0.05, 0) is 12.8 Å². The van der Waals surface area contributed by atoms with Crippen LogP contribution in [0.3, 0.4) is 0 Å². The minimum absolute atomic E-state index is 0. The van der Waals surface area contributed by atoms with Crippen molar-refractivity contribution in [3.63, 3.8) is 0 Å². The van der Waals surface area contributed by atoms with Gasteiger partial charge in [0.25, 0.3) is 0 Å². The van der Waals surface area contributed by atoms with E-state index in [0.29, 0.717) is 13.0 Å². The molecule has 0 bridgehead atoms. The molecule has 0 radical (unpaired) electrons. The molecule has 218 valence electrons. The Labute approximate surface area is 256 Å². The molecule has 0 N–H and O–H groups in total. The molecule has 0 rings (SSSR count). The summed E-state index contributed by atoms with van der Waals surface area (Å²) in [7, 11) is 0. The third kappa shape index (κ3) is 36.5. The first-order chi connectivity index (χ1) is 17.8. The maximum absolute atomic E-state index is 11.9. The zero-order valence-electron chi connectivity index (χ0n) is 25.2. The maximum atomic E-state index is 11.9.